The van der Waals surface area contributed by atoms with Crippen molar-refractivity contribution in [1.29, 1.82) is 0 Å². The number of rotatable bonds is 7. The maximum absolute atomic E-state index is 13.3. The monoisotopic (exact) mass is 581 g/mol. The SMILES string of the molecule is Cc1c(C(=O)Nc2ccc(-c3nc(-c4cccc(CN5CCOCC5)c4)cnc3N)cc2)c(=O)n(C2CCCCC2)n1C. The van der Waals surface area contributed by atoms with E-state index in [9.17, 15) is 9.59 Å². The van der Waals surface area contributed by atoms with E-state index in [1.165, 1.54) is 12.0 Å². The van der Waals surface area contributed by atoms with Crippen LogP contribution >= 0.6 is 0 Å². The molecule has 2 aromatic carbocycles. The van der Waals surface area contributed by atoms with Crippen molar-refractivity contribution < 1.29 is 9.53 Å². The van der Waals surface area contributed by atoms with Crippen LogP contribution in [-0.2, 0) is 18.3 Å². The molecule has 0 spiro atoms. The molecule has 10 nitrogen and oxygen atoms in total. The van der Waals surface area contributed by atoms with Gasteiger partial charge in [-0.3, -0.25) is 19.2 Å². The lowest BCUT2D eigenvalue weighted by molar-refractivity contribution is 0.0342. The molecule has 43 heavy (non-hydrogen) atoms. The van der Waals surface area contributed by atoms with Crippen LogP contribution in [0.1, 0.15) is 59.8 Å². The van der Waals surface area contributed by atoms with Gasteiger partial charge in [-0.2, -0.15) is 0 Å². The van der Waals surface area contributed by atoms with E-state index < -0.39 is 5.91 Å². The molecular weight excluding hydrogens is 542 g/mol. The van der Waals surface area contributed by atoms with Gasteiger partial charge in [0.1, 0.15) is 17.1 Å². The molecule has 3 N–H and O–H groups in total. The Morgan fingerprint density at radius 3 is 2.53 bits per heavy atom. The van der Waals surface area contributed by atoms with Crippen molar-refractivity contribution in [3.8, 4) is 22.5 Å². The van der Waals surface area contributed by atoms with Crippen LogP contribution < -0.4 is 16.6 Å². The van der Waals surface area contributed by atoms with Gasteiger partial charge in [-0.15, -0.1) is 0 Å². The van der Waals surface area contributed by atoms with Crippen molar-refractivity contribution in [2.24, 2.45) is 7.05 Å². The molecule has 6 rings (SSSR count). The maximum atomic E-state index is 13.3. The Labute approximate surface area is 251 Å². The van der Waals surface area contributed by atoms with Crippen LogP contribution in [0.5, 0.6) is 0 Å². The zero-order valence-electron chi connectivity index (χ0n) is 24.9. The number of carbonyl (C=O) groups excluding carboxylic acids is 1. The topological polar surface area (TPSA) is 120 Å². The lowest BCUT2D eigenvalue weighted by atomic mass is 9.96. The summed E-state index contributed by atoms with van der Waals surface area (Å²) in [7, 11) is 1.86. The lowest BCUT2D eigenvalue weighted by Crippen LogP contribution is -2.35. The van der Waals surface area contributed by atoms with Gasteiger partial charge in [-0.05, 0) is 43.5 Å². The Balaban J connectivity index is 1.19. The molecule has 0 bridgehead atoms. The van der Waals surface area contributed by atoms with Gasteiger partial charge >= 0.3 is 0 Å². The number of aromatic nitrogens is 4. The molecule has 2 fully saturated rings. The third kappa shape index (κ3) is 6.11. The molecule has 3 heterocycles. The molecule has 1 saturated carbocycles. The number of nitrogens with two attached hydrogens (primary N) is 1. The van der Waals surface area contributed by atoms with Crippen LogP contribution in [0.25, 0.3) is 22.5 Å². The van der Waals surface area contributed by atoms with Crippen molar-refractivity contribution in [2.75, 3.05) is 37.4 Å². The summed E-state index contributed by atoms with van der Waals surface area (Å²) < 4.78 is 9.07. The van der Waals surface area contributed by atoms with Crippen LogP contribution in [0.4, 0.5) is 11.5 Å². The van der Waals surface area contributed by atoms with E-state index >= 15 is 0 Å². The Morgan fingerprint density at radius 2 is 1.79 bits per heavy atom. The first-order valence-electron chi connectivity index (χ1n) is 15.1. The standard InChI is InChI=1S/C33H39N7O3/c1-22-29(33(42)40(38(22)2)27-9-4-3-5-10-27)32(41)36-26-13-11-24(12-14-26)30-31(34)35-20-28(37-30)25-8-6-7-23(19-25)21-39-15-17-43-18-16-39/h6-8,11-14,19-20,27H,3-5,9-10,15-18,21H2,1-2H3,(H2,34,35)(H,36,41). The summed E-state index contributed by atoms with van der Waals surface area (Å²) in [6, 6.07) is 15.8. The third-order valence-electron chi connectivity index (χ3n) is 8.69. The molecule has 1 aliphatic carbocycles. The highest BCUT2D eigenvalue weighted by atomic mass is 16.5. The minimum atomic E-state index is -0.404. The average Bonchev–Trinajstić information content (AvgIpc) is 3.26. The Kier molecular flexibility index (Phi) is 8.40. The van der Waals surface area contributed by atoms with Crippen molar-refractivity contribution in [3.05, 3.63) is 81.9 Å². The number of hydrogen-bond acceptors (Lipinski definition) is 7. The fourth-order valence-corrected chi connectivity index (χ4v) is 6.23. The van der Waals surface area contributed by atoms with Crippen molar-refractivity contribution in [1.82, 2.24) is 24.2 Å². The zero-order chi connectivity index (χ0) is 29.9. The highest BCUT2D eigenvalue weighted by Gasteiger charge is 2.26. The summed E-state index contributed by atoms with van der Waals surface area (Å²) in [5, 5.41) is 2.91. The number of nitrogens with zero attached hydrogens (tertiary/aromatic N) is 5. The first-order valence-corrected chi connectivity index (χ1v) is 15.1. The van der Waals surface area contributed by atoms with Gasteiger partial charge in [-0.1, -0.05) is 49.6 Å². The molecular formula is C33H39N7O3. The van der Waals surface area contributed by atoms with Crippen molar-refractivity contribution >= 4 is 17.4 Å². The summed E-state index contributed by atoms with van der Waals surface area (Å²) >= 11 is 0. The summed E-state index contributed by atoms with van der Waals surface area (Å²) in [6.07, 6.45) is 7.04. The number of carbonyl (C=O) groups is 1. The van der Waals surface area contributed by atoms with Gasteiger partial charge in [0, 0.05) is 49.2 Å². The predicted octanol–water partition coefficient (Wildman–Crippen LogP) is 4.79. The second-order valence-corrected chi connectivity index (χ2v) is 11.5. The summed E-state index contributed by atoms with van der Waals surface area (Å²) in [6.45, 7) is 6.07. The molecule has 0 unspecified atom stereocenters. The minimum Gasteiger partial charge on any atom is -0.382 e. The average molecular weight is 582 g/mol. The number of morpholine rings is 1. The molecule has 10 heteroatoms. The van der Waals surface area contributed by atoms with E-state index in [1.807, 2.05) is 42.9 Å². The number of benzene rings is 2. The van der Waals surface area contributed by atoms with E-state index in [-0.39, 0.29) is 17.2 Å². The molecule has 1 saturated heterocycles. The first kappa shape index (κ1) is 28.8. The van der Waals surface area contributed by atoms with Gasteiger partial charge in [-0.25, -0.2) is 14.6 Å². The molecule has 1 aliphatic heterocycles. The third-order valence-corrected chi connectivity index (χ3v) is 8.69. The van der Waals surface area contributed by atoms with Gasteiger partial charge in [0.15, 0.2) is 0 Å². The number of nitrogens with one attached hydrogen (secondary N) is 1. The highest BCUT2D eigenvalue weighted by molar-refractivity contribution is 6.05. The van der Waals surface area contributed by atoms with Crippen molar-refractivity contribution in [2.45, 2.75) is 51.6 Å². The van der Waals surface area contributed by atoms with E-state index in [4.69, 9.17) is 15.5 Å². The molecule has 0 atom stereocenters. The van der Waals surface area contributed by atoms with Crippen LogP contribution in [-0.4, -0.2) is 56.4 Å². The van der Waals surface area contributed by atoms with Crippen molar-refractivity contribution in [3.63, 3.8) is 0 Å². The molecule has 224 valence electrons. The maximum Gasteiger partial charge on any atom is 0.280 e. The molecule has 0 radical (unpaired) electrons. The Bertz CT molecular complexity index is 1660. The minimum absolute atomic E-state index is 0.139. The summed E-state index contributed by atoms with van der Waals surface area (Å²) in [5.74, 6) is -0.0770. The Hall–Kier alpha value is -4.28. The van der Waals surface area contributed by atoms with Gasteiger partial charge < -0.3 is 15.8 Å². The lowest BCUT2D eigenvalue weighted by Gasteiger charge is -2.26. The van der Waals surface area contributed by atoms with Crippen LogP contribution in [0.2, 0.25) is 0 Å². The second-order valence-electron chi connectivity index (χ2n) is 11.5. The van der Waals surface area contributed by atoms with E-state index in [0.29, 0.717) is 22.9 Å². The molecule has 1 amide bonds. The van der Waals surface area contributed by atoms with Gasteiger partial charge in [0.25, 0.3) is 11.5 Å². The van der Waals surface area contributed by atoms with E-state index in [0.717, 1.165) is 75.4 Å². The first-order chi connectivity index (χ1) is 20.9. The number of amides is 1. The smallest absolute Gasteiger partial charge is 0.280 e. The van der Waals surface area contributed by atoms with Gasteiger partial charge in [0.05, 0.1) is 31.1 Å². The zero-order valence-corrected chi connectivity index (χ0v) is 24.9. The fraction of sp³-hybridized carbons (Fsp3) is 0.394. The van der Waals surface area contributed by atoms with E-state index in [2.05, 4.69) is 27.3 Å². The van der Waals surface area contributed by atoms with E-state index in [1.54, 1.807) is 23.0 Å². The highest BCUT2D eigenvalue weighted by Crippen LogP contribution is 2.29. The predicted molar refractivity (Wildman–Crippen MR) is 168 cm³/mol. The number of ether oxygens (including phenoxy) is 1. The Morgan fingerprint density at radius 1 is 1.05 bits per heavy atom. The van der Waals surface area contributed by atoms with Crippen LogP contribution in [0, 0.1) is 6.92 Å². The number of anilines is 2. The summed E-state index contributed by atoms with van der Waals surface area (Å²) in [4.78, 5) is 38.3. The molecule has 4 aromatic rings. The van der Waals surface area contributed by atoms with Crippen LogP contribution in [0.3, 0.4) is 0 Å². The molecule has 2 aromatic heterocycles. The van der Waals surface area contributed by atoms with Crippen LogP contribution in [0.15, 0.2) is 59.5 Å². The summed E-state index contributed by atoms with van der Waals surface area (Å²) in [5.41, 5.74) is 11.7. The molecule has 2 aliphatic rings. The quantitative estimate of drug-likeness (QED) is 0.322. The fourth-order valence-electron chi connectivity index (χ4n) is 6.23. The number of nitrogen functional groups attached to an aromatic ring is 1. The second kappa shape index (κ2) is 12.5. The number of hydrogen-bond donors (Lipinski definition) is 2. The normalized spacial score (nSPS) is 16.3. The van der Waals surface area contributed by atoms with Gasteiger partial charge in [0.2, 0.25) is 0 Å². The largest absolute Gasteiger partial charge is 0.382 e.